The zero-order chi connectivity index (χ0) is 17.9. The fourth-order valence-corrected chi connectivity index (χ4v) is 3.49. The smallest absolute Gasteiger partial charge is 0.311 e. The fourth-order valence-electron chi connectivity index (χ4n) is 3.49. The van der Waals surface area contributed by atoms with E-state index in [2.05, 4.69) is 15.0 Å². The number of aromatic nitrogens is 3. The van der Waals surface area contributed by atoms with Gasteiger partial charge in [-0.05, 0) is 30.9 Å². The number of hydrogen-bond acceptors (Lipinski definition) is 5. The third-order valence-corrected chi connectivity index (χ3v) is 4.73. The van der Waals surface area contributed by atoms with Gasteiger partial charge in [-0.25, -0.2) is 9.97 Å². The number of benzene rings is 1. The summed E-state index contributed by atoms with van der Waals surface area (Å²) in [7, 11) is 0. The summed E-state index contributed by atoms with van der Waals surface area (Å²) in [6.07, 6.45) is 6.35. The van der Waals surface area contributed by atoms with Crippen LogP contribution in [0.3, 0.4) is 0 Å². The number of imidazole rings is 1. The lowest BCUT2D eigenvalue weighted by molar-refractivity contribution is -0.384. The first kappa shape index (κ1) is 16.3. The van der Waals surface area contributed by atoms with Crippen LogP contribution in [-0.4, -0.2) is 26.4 Å². The average molecular weight is 349 g/mol. The van der Waals surface area contributed by atoms with Crippen LogP contribution in [0.25, 0.3) is 11.3 Å². The number of nitrogens with one attached hydrogen (secondary N) is 1. The maximum Gasteiger partial charge on any atom is 0.311 e. The molecule has 1 aliphatic heterocycles. The molecule has 1 fully saturated rings. The molecule has 1 unspecified atom stereocenters. The second-order valence-corrected chi connectivity index (χ2v) is 6.36. The van der Waals surface area contributed by atoms with Gasteiger partial charge in [-0.15, -0.1) is 0 Å². The lowest BCUT2D eigenvalue weighted by Gasteiger charge is -2.35. The highest BCUT2D eigenvalue weighted by Gasteiger charge is 2.31. The van der Waals surface area contributed by atoms with Gasteiger partial charge in [0.25, 0.3) is 0 Å². The minimum Gasteiger partial charge on any atom is -0.341 e. The van der Waals surface area contributed by atoms with Gasteiger partial charge in [0.1, 0.15) is 5.82 Å². The number of H-pyrrole nitrogens is 1. The number of anilines is 1. The quantitative estimate of drug-likeness (QED) is 0.565. The summed E-state index contributed by atoms with van der Waals surface area (Å²) in [6, 6.07) is 13.1. The highest BCUT2D eigenvalue weighted by Crippen LogP contribution is 2.37. The number of nitro groups is 1. The van der Waals surface area contributed by atoms with Crippen LogP contribution < -0.4 is 4.90 Å². The van der Waals surface area contributed by atoms with Crippen molar-refractivity contribution in [3.63, 3.8) is 0 Å². The van der Waals surface area contributed by atoms with Crippen molar-refractivity contribution >= 4 is 11.5 Å². The molecular weight excluding hydrogens is 330 g/mol. The number of hydrogen-bond donors (Lipinski definition) is 1. The summed E-state index contributed by atoms with van der Waals surface area (Å²) < 4.78 is 0. The summed E-state index contributed by atoms with van der Waals surface area (Å²) in [6.45, 7) is 0.726. The van der Waals surface area contributed by atoms with E-state index in [1.54, 1.807) is 12.3 Å². The van der Waals surface area contributed by atoms with Crippen molar-refractivity contribution in [3.05, 3.63) is 70.8 Å². The molecule has 2 aromatic heterocycles. The fraction of sp³-hybridized carbons (Fsp3) is 0.263. The highest BCUT2D eigenvalue weighted by atomic mass is 16.6. The molecule has 1 aliphatic rings. The zero-order valence-corrected chi connectivity index (χ0v) is 14.2. The molecule has 7 nitrogen and oxygen atoms in total. The van der Waals surface area contributed by atoms with Crippen LogP contribution in [-0.2, 0) is 0 Å². The predicted octanol–water partition coefficient (Wildman–Crippen LogP) is 4.11. The maximum absolute atomic E-state index is 11.4. The van der Waals surface area contributed by atoms with E-state index in [0.717, 1.165) is 42.9 Å². The van der Waals surface area contributed by atoms with Gasteiger partial charge in [0.2, 0.25) is 5.82 Å². The van der Waals surface area contributed by atoms with E-state index in [0.29, 0.717) is 5.82 Å². The number of aromatic amines is 1. The molecule has 3 aromatic rings. The molecule has 0 amide bonds. The maximum atomic E-state index is 11.4. The van der Waals surface area contributed by atoms with E-state index >= 15 is 0 Å². The Morgan fingerprint density at radius 3 is 2.77 bits per heavy atom. The van der Waals surface area contributed by atoms with Crippen molar-refractivity contribution in [2.24, 2.45) is 0 Å². The Morgan fingerprint density at radius 2 is 1.96 bits per heavy atom. The number of rotatable bonds is 4. The van der Waals surface area contributed by atoms with E-state index in [4.69, 9.17) is 0 Å². The molecule has 4 rings (SSSR count). The molecule has 1 N–H and O–H groups in total. The molecule has 1 saturated heterocycles. The second-order valence-electron chi connectivity index (χ2n) is 6.36. The summed E-state index contributed by atoms with van der Waals surface area (Å²) in [5, 5.41) is 11.4. The SMILES string of the molecule is O=[N+]([O-])c1cccnc1N1CCCCC1c1ncc(-c2ccccc2)[nH]1. The Labute approximate surface area is 150 Å². The van der Waals surface area contributed by atoms with Gasteiger partial charge in [0.05, 0.1) is 22.9 Å². The summed E-state index contributed by atoms with van der Waals surface area (Å²) >= 11 is 0. The molecular formula is C19H19N5O2. The van der Waals surface area contributed by atoms with Crippen molar-refractivity contribution < 1.29 is 4.92 Å². The molecule has 0 spiro atoms. The zero-order valence-electron chi connectivity index (χ0n) is 14.2. The van der Waals surface area contributed by atoms with Gasteiger partial charge in [0.15, 0.2) is 0 Å². The van der Waals surface area contributed by atoms with E-state index in [-0.39, 0.29) is 16.7 Å². The van der Waals surface area contributed by atoms with Crippen molar-refractivity contribution in [2.75, 3.05) is 11.4 Å². The highest BCUT2D eigenvalue weighted by molar-refractivity contribution is 5.60. The van der Waals surface area contributed by atoms with Crippen LogP contribution in [0.5, 0.6) is 0 Å². The van der Waals surface area contributed by atoms with Crippen molar-refractivity contribution in [1.29, 1.82) is 0 Å². The van der Waals surface area contributed by atoms with Gasteiger partial charge >= 0.3 is 5.69 Å². The summed E-state index contributed by atoms with van der Waals surface area (Å²) in [5.74, 6) is 1.24. The van der Waals surface area contributed by atoms with Crippen LogP contribution in [0, 0.1) is 10.1 Å². The Hall–Kier alpha value is -3.22. The van der Waals surface area contributed by atoms with E-state index in [1.165, 1.54) is 6.07 Å². The largest absolute Gasteiger partial charge is 0.341 e. The van der Waals surface area contributed by atoms with Crippen LogP contribution in [0.15, 0.2) is 54.9 Å². The average Bonchev–Trinajstić information content (AvgIpc) is 3.19. The topological polar surface area (TPSA) is 87.9 Å². The normalized spacial score (nSPS) is 17.2. The van der Waals surface area contributed by atoms with Gasteiger partial charge in [-0.1, -0.05) is 30.3 Å². The first-order chi connectivity index (χ1) is 12.7. The number of nitrogens with zero attached hydrogens (tertiary/aromatic N) is 4. The second kappa shape index (κ2) is 6.95. The molecule has 0 aliphatic carbocycles. The molecule has 1 atom stereocenters. The third-order valence-electron chi connectivity index (χ3n) is 4.73. The Kier molecular flexibility index (Phi) is 4.35. The van der Waals surface area contributed by atoms with Crippen LogP contribution in [0.4, 0.5) is 11.5 Å². The van der Waals surface area contributed by atoms with Gasteiger partial charge in [-0.2, -0.15) is 0 Å². The molecule has 0 radical (unpaired) electrons. The number of pyridine rings is 1. The predicted molar refractivity (Wildman–Crippen MR) is 98.9 cm³/mol. The van der Waals surface area contributed by atoms with E-state index < -0.39 is 0 Å². The lowest BCUT2D eigenvalue weighted by Crippen LogP contribution is -2.35. The van der Waals surface area contributed by atoms with E-state index in [9.17, 15) is 10.1 Å². The molecule has 0 bridgehead atoms. The molecule has 132 valence electrons. The minimum absolute atomic E-state index is 0.0363. The van der Waals surface area contributed by atoms with Crippen molar-refractivity contribution in [3.8, 4) is 11.3 Å². The first-order valence-corrected chi connectivity index (χ1v) is 8.70. The standard InChI is InChI=1S/C19H19N5O2/c25-24(26)17-10-6-11-20-19(17)23-12-5-4-9-16(23)18-21-13-15(22-18)14-7-2-1-3-8-14/h1-3,6-8,10-11,13,16H,4-5,9,12H2,(H,21,22). The van der Waals surface area contributed by atoms with Crippen LogP contribution in [0.2, 0.25) is 0 Å². The van der Waals surface area contributed by atoms with E-state index in [1.807, 2.05) is 41.4 Å². The van der Waals surface area contributed by atoms with Gasteiger partial charge in [-0.3, -0.25) is 10.1 Å². The van der Waals surface area contributed by atoms with Crippen LogP contribution in [0.1, 0.15) is 31.1 Å². The molecule has 7 heteroatoms. The molecule has 1 aromatic carbocycles. The number of piperidine rings is 1. The molecule has 0 saturated carbocycles. The summed E-state index contributed by atoms with van der Waals surface area (Å²) in [4.78, 5) is 25.3. The Bertz CT molecular complexity index is 909. The lowest BCUT2D eigenvalue weighted by atomic mass is 10.0. The Balaban J connectivity index is 1.69. The monoisotopic (exact) mass is 349 g/mol. The van der Waals surface area contributed by atoms with Gasteiger partial charge in [0, 0.05) is 18.8 Å². The Morgan fingerprint density at radius 1 is 1.12 bits per heavy atom. The van der Waals surface area contributed by atoms with Crippen LogP contribution >= 0.6 is 0 Å². The molecule has 3 heterocycles. The van der Waals surface area contributed by atoms with Crippen molar-refractivity contribution in [1.82, 2.24) is 15.0 Å². The van der Waals surface area contributed by atoms with Crippen molar-refractivity contribution in [2.45, 2.75) is 25.3 Å². The first-order valence-electron chi connectivity index (χ1n) is 8.70. The minimum atomic E-state index is -0.370. The third kappa shape index (κ3) is 3.03. The van der Waals surface area contributed by atoms with Gasteiger partial charge < -0.3 is 9.88 Å². The summed E-state index contributed by atoms with van der Waals surface area (Å²) in [5.41, 5.74) is 2.05. The molecule has 26 heavy (non-hydrogen) atoms.